The van der Waals surface area contributed by atoms with Gasteiger partial charge < -0.3 is 4.90 Å². The Labute approximate surface area is 106 Å². The third kappa shape index (κ3) is 5.52. The molecule has 1 fully saturated rings. The molecule has 17 heavy (non-hydrogen) atoms. The van der Waals surface area contributed by atoms with Crippen molar-refractivity contribution < 1.29 is 0 Å². The van der Waals surface area contributed by atoms with Gasteiger partial charge in [0.15, 0.2) is 0 Å². The fraction of sp³-hybridized carbons (Fsp3) is 0.929. The van der Waals surface area contributed by atoms with Crippen molar-refractivity contribution in [1.82, 2.24) is 10.2 Å². The van der Waals surface area contributed by atoms with E-state index in [1.54, 1.807) is 0 Å². The quantitative estimate of drug-likeness (QED) is 0.798. The molecule has 1 N–H and O–H groups in total. The van der Waals surface area contributed by atoms with Crippen LogP contribution in [-0.2, 0) is 0 Å². The number of hydrogen-bond acceptors (Lipinski definition) is 3. The number of likely N-dealkylation sites (tertiary alicyclic amines) is 1. The highest BCUT2D eigenvalue weighted by molar-refractivity contribution is 5.03. The first-order chi connectivity index (χ1) is 8.20. The highest BCUT2D eigenvalue weighted by atomic mass is 15.1. The van der Waals surface area contributed by atoms with Crippen LogP contribution in [0.25, 0.3) is 0 Å². The number of nitrogens with zero attached hydrogens (tertiary/aromatic N) is 2. The molecule has 0 aliphatic carbocycles. The largest absolute Gasteiger partial charge is 0.303 e. The Bertz CT molecular complexity index is 238. The molecular formula is C14H27N3. The van der Waals surface area contributed by atoms with Gasteiger partial charge in [-0.25, -0.2) is 0 Å². The molecule has 0 aromatic rings. The van der Waals surface area contributed by atoms with Crippen LogP contribution < -0.4 is 5.32 Å². The van der Waals surface area contributed by atoms with Crippen LogP contribution in [0.5, 0.6) is 0 Å². The molecule has 0 bridgehead atoms. The maximum atomic E-state index is 9.22. The van der Waals surface area contributed by atoms with Gasteiger partial charge in [0.05, 0.1) is 6.07 Å². The van der Waals surface area contributed by atoms with E-state index in [9.17, 15) is 5.26 Å². The zero-order valence-electron chi connectivity index (χ0n) is 11.5. The molecule has 1 saturated heterocycles. The van der Waals surface area contributed by atoms with Gasteiger partial charge in [0.1, 0.15) is 5.54 Å². The number of rotatable bonds is 5. The van der Waals surface area contributed by atoms with E-state index in [2.05, 4.69) is 23.2 Å². The molecule has 98 valence electrons. The SMILES string of the molecule is CCNC(C)(C#N)CCN1CCCCCCC1. The fourth-order valence-corrected chi connectivity index (χ4v) is 2.49. The topological polar surface area (TPSA) is 39.1 Å². The first-order valence-corrected chi connectivity index (χ1v) is 7.09. The zero-order chi connectivity index (χ0) is 12.6. The molecule has 0 spiro atoms. The van der Waals surface area contributed by atoms with Crippen molar-refractivity contribution in [2.24, 2.45) is 0 Å². The van der Waals surface area contributed by atoms with Crippen molar-refractivity contribution in [2.75, 3.05) is 26.2 Å². The summed E-state index contributed by atoms with van der Waals surface area (Å²) in [4.78, 5) is 2.53. The van der Waals surface area contributed by atoms with Gasteiger partial charge in [-0.3, -0.25) is 5.32 Å². The second-order valence-corrected chi connectivity index (χ2v) is 5.33. The van der Waals surface area contributed by atoms with Crippen LogP contribution >= 0.6 is 0 Å². The van der Waals surface area contributed by atoms with E-state index in [-0.39, 0.29) is 5.54 Å². The molecule has 0 amide bonds. The summed E-state index contributed by atoms with van der Waals surface area (Å²) in [5, 5.41) is 12.5. The standard InChI is InChI=1S/C14H27N3/c1-3-16-14(2,13-15)9-12-17-10-7-5-4-6-8-11-17/h16H,3-12H2,1-2H3. The minimum atomic E-state index is -0.350. The third-order valence-corrected chi connectivity index (χ3v) is 3.69. The maximum Gasteiger partial charge on any atom is 0.105 e. The molecule has 0 aromatic carbocycles. The lowest BCUT2D eigenvalue weighted by Crippen LogP contribution is -2.44. The lowest BCUT2D eigenvalue weighted by molar-refractivity contribution is 0.225. The average molecular weight is 237 g/mol. The van der Waals surface area contributed by atoms with Gasteiger partial charge in [0, 0.05) is 6.54 Å². The zero-order valence-corrected chi connectivity index (χ0v) is 11.5. The summed E-state index contributed by atoms with van der Waals surface area (Å²) in [7, 11) is 0. The molecular weight excluding hydrogens is 210 g/mol. The summed E-state index contributed by atoms with van der Waals surface area (Å²) < 4.78 is 0. The van der Waals surface area contributed by atoms with Gasteiger partial charge in [-0.15, -0.1) is 0 Å². The van der Waals surface area contributed by atoms with Gasteiger partial charge >= 0.3 is 0 Å². The first kappa shape index (κ1) is 14.5. The Morgan fingerprint density at radius 3 is 2.29 bits per heavy atom. The Hall–Kier alpha value is -0.590. The summed E-state index contributed by atoms with van der Waals surface area (Å²) in [6, 6.07) is 2.41. The Kier molecular flexibility index (Phi) is 6.54. The molecule has 0 aromatic heterocycles. The first-order valence-electron chi connectivity index (χ1n) is 7.09. The number of nitriles is 1. The second-order valence-electron chi connectivity index (χ2n) is 5.33. The van der Waals surface area contributed by atoms with Crippen molar-refractivity contribution in [3.8, 4) is 6.07 Å². The van der Waals surface area contributed by atoms with Crippen molar-refractivity contribution in [3.63, 3.8) is 0 Å². The summed E-state index contributed by atoms with van der Waals surface area (Å²) in [5.41, 5.74) is -0.350. The van der Waals surface area contributed by atoms with Crippen LogP contribution in [0, 0.1) is 11.3 Å². The van der Waals surface area contributed by atoms with Gasteiger partial charge in [0.25, 0.3) is 0 Å². The highest BCUT2D eigenvalue weighted by Gasteiger charge is 2.23. The molecule has 1 aliphatic rings. The van der Waals surface area contributed by atoms with Crippen molar-refractivity contribution >= 4 is 0 Å². The minimum absolute atomic E-state index is 0.350. The molecule has 1 rings (SSSR count). The number of nitrogens with one attached hydrogen (secondary N) is 1. The summed E-state index contributed by atoms with van der Waals surface area (Å²) in [6.07, 6.45) is 7.73. The minimum Gasteiger partial charge on any atom is -0.303 e. The smallest absolute Gasteiger partial charge is 0.105 e. The Morgan fingerprint density at radius 2 is 1.76 bits per heavy atom. The van der Waals surface area contributed by atoms with Gasteiger partial charge in [-0.05, 0) is 45.8 Å². The maximum absolute atomic E-state index is 9.22. The molecule has 0 saturated carbocycles. The highest BCUT2D eigenvalue weighted by Crippen LogP contribution is 2.14. The van der Waals surface area contributed by atoms with E-state index < -0.39 is 0 Å². The molecule has 1 unspecified atom stereocenters. The van der Waals surface area contributed by atoms with Crippen LogP contribution in [-0.4, -0.2) is 36.6 Å². The van der Waals surface area contributed by atoms with E-state index in [0.717, 1.165) is 19.5 Å². The van der Waals surface area contributed by atoms with Gasteiger partial charge in [-0.1, -0.05) is 26.2 Å². The molecule has 1 aliphatic heterocycles. The monoisotopic (exact) mass is 237 g/mol. The second kappa shape index (κ2) is 7.68. The van der Waals surface area contributed by atoms with Crippen molar-refractivity contribution in [2.45, 2.75) is 57.9 Å². The normalized spacial score (nSPS) is 22.2. The van der Waals surface area contributed by atoms with Gasteiger partial charge in [-0.2, -0.15) is 5.26 Å². The third-order valence-electron chi connectivity index (χ3n) is 3.69. The lowest BCUT2D eigenvalue weighted by atomic mass is 9.99. The molecule has 1 heterocycles. The van der Waals surface area contributed by atoms with Crippen LogP contribution in [0.3, 0.4) is 0 Å². The molecule has 3 heteroatoms. The van der Waals surface area contributed by atoms with E-state index >= 15 is 0 Å². The van der Waals surface area contributed by atoms with Crippen LogP contribution in [0.1, 0.15) is 52.4 Å². The van der Waals surface area contributed by atoms with Crippen LogP contribution in [0.15, 0.2) is 0 Å². The predicted molar refractivity (Wildman–Crippen MR) is 71.8 cm³/mol. The van der Waals surface area contributed by atoms with E-state index in [0.29, 0.717) is 0 Å². The summed E-state index contributed by atoms with van der Waals surface area (Å²) >= 11 is 0. The molecule has 0 radical (unpaired) electrons. The van der Waals surface area contributed by atoms with E-state index in [1.165, 1.54) is 45.2 Å². The average Bonchev–Trinajstić information content (AvgIpc) is 2.28. The molecule has 3 nitrogen and oxygen atoms in total. The summed E-state index contributed by atoms with van der Waals surface area (Å²) in [5.74, 6) is 0. The summed E-state index contributed by atoms with van der Waals surface area (Å²) in [6.45, 7) is 8.43. The fourth-order valence-electron chi connectivity index (χ4n) is 2.49. The van der Waals surface area contributed by atoms with Crippen LogP contribution in [0.2, 0.25) is 0 Å². The number of hydrogen-bond donors (Lipinski definition) is 1. The predicted octanol–water partition coefficient (Wildman–Crippen LogP) is 2.53. The van der Waals surface area contributed by atoms with E-state index in [1.807, 2.05) is 6.92 Å². The Morgan fingerprint density at radius 1 is 1.18 bits per heavy atom. The van der Waals surface area contributed by atoms with Crippen LogP contribution in [0.4, 0.5) is 0 Å². The van der Waals surface area contributed by atoms with Gasteiger partial charge in [0.2, 0.25) is 0 Å². The molecule has 1 atom stereocenters. The van der Waals surface area contributed by atoms with Crippen molar-refractivity contribution in [3.05, 3.63) is 0 Å². The van der Waals surface area contributed by atoms with Crippen molar-refractivity contribution in [1.29, 1.82) is 5.26 Å². The Balaban J connectivity index is 2.34. The van der Waals surface area contributed by atoms with E-state index in [4.69, 9.17) is 0 Å². The lowest BCUT2D eigenvalue weighted by Gasteiger charge is -2.29.